The van der Waals surface area contributed by atoms with Crippen LogP contribution in [0, 0.1) is 0 Å². The Labute approximate surface area is 261 Å². The molecule has 0 unspecified atom stereocenters. The van der Waals surface area contributed by atoms with Crippen LogP contribution in [0.4, 0.5) is 5.69 Å². The fraction of sp³-hybridized carbons (Fsp3) is 0.188. The molecule has 4 aromatic carbocycles. The number of anilines is 1. The maximum absolute atomic E-state index is 14.0. The van der Waals surface area contributed by atoms with E-state index in [0.29, 0.717) is 33.7 Å². The molecule has 2 amide bonds. The minimum Gasteiger partial charge on any atom is -0.457 e. The van der Waals surface area contributed by atoms with E-state index < -0.39 is 28.5 Å². The first-order chi connectivity index (χ1) is 20.6. The molecular weight excluding hydrogens is 609 g/mol. The molecule has 0 spiro atoms. The molecule has 8 nitrogen and oxygen atoms in total. The van der Waals surface area contributed by atoms with E-state index in [0.717, 1.165) is 4.31 Å². The molecule has 0 saturated carbocycles. The summed E-state index contributed by atoms with van der Waals surface area (Å²) in [6, 6.07) is 27.4. The molecule has 0 fully saturated rings. The molecule has 0 aromatic heterocycles. The number of amides is 2. The van der Waals surface area contributed by atoms with Crippen molar-refractivity contribution >= 4 is 50.7 Å². The third kappa shape index (κ3) is 8.07. The van der Waals surface area contributed by atoms with Crippen LogP contribution in [0.2, 0.25) is 10.0 Å². The smallest absolute Gasteiger partial charge is 0.264 e. The van der Waals surface area contributed by atoms with E-state index in [1.54, 1.807) is 86.6 Å². The van der Waals surface area contributed by atoms with Crippen LogP contribution in [0.1, 0.15) is 19.4 Å². The van der Waals surface area contributed by atoms with Gasteiger partial charge in [-0.05, 0) is 80.1 Å². The van der Waals surface area contributed by atoms with Crippen molar-refractivity contribution in [2.24, 2.45) is 0 Å². The van der Waals surface area contributed by atoms with Gasteiger partial charge in [0.1, 0.15) is 24.1 Å². The average Bonchev–Trinajstić information content (AvgIpc) is 3.01. The van der Waals surface area contributed by atoms with Crippen LogP contribution in [0.15, 0.2) is 108 Å². The quantitative estimate of drug-likeness (QED) is 0.190. The zero-order chi connectivity index (χ0) is 31.0. The second kappa shape index (κ2) is 14.4. The molecule has 0 heterocycles. The third-order valence-electron chi connectivity index (χ3n) is 6.57. The standard InChI is InChI=1S/C32H31Cl2N3O5S/c1-3-35-32(39)23(2)36(21-24-14-19-29(33)30(34)20-24)31(38)22-37(43(40,41)28-12-8-5-9-13-28)25-15-17-27(18-16-25)42-26-10-6-4-7-11-26/h4-20,23H,3,21-22H2,1-2H3,(H,35,39)/t23-/m0/s1. The van der Waals surface area contributed by atoms with Gasteiger partial charge in [0.15, 0.2) is 0 Å². The lowest BCUT2D eigenvalue weighted by Gasteiger charge is -2.32. The highest BCUT2D eigenvalue weighted by molar-refractivity contribution is 7.92. The normalized spacial score (nSPS) is 11.8. The summed E-state index contributed by atoms with van der Waals surface area (Å²) in [6.45, 7) is 3.16. The van der Waals surface area contributed by atoms with Crippen molar-refractivity contribution in [1.82, 2.24) is 10.2 Å². The lowest BCUT2D eigenvalue weighted by atomic mass is 10.1. The Morgan fingerprint density at radius 1 is 0.837 bits per heavy atom. The number of halogens is 2. The summed E-state index contributed by atoms with van der Waals surface area (Å²) in [7, 11) is -4.19. The van der Waals surface area contributed by atoms with Crippen LogP contribution in [-0.2, 0) is 26.2 Å². The number of ether oxygens (including phenoxy) is 1. The molecule has 0 saturated heterocycles. The van der Waals surface area contributed by atoms with Crippen molar-refractivity contribution in [2.75, 3.05) is 17.4 Å². The van der Waals surface area contributed by atoms with E-state index >= 15 is 0 Å². The van der Waals surface area contributed by atoms with Gasteiger partial charge in [0.25, 0.3) is 10.0 Å². The Morgan fingerprint density at radius 2 is 1.44 bits per heavy atom. The van der Waals surface area contributed by atoms with Crippen molar-refractivity contribution in [3.63, 3.8) is 0 Å². The summed E-state index contributed by atoms with van der Waals surface area (Å²) in [5.41, 5.74) is 0.872. The second-order valence-corrected chi connectivity index (χ2v) is 12.3. The number of hydrogen-bond acceptors (Lipinski definition) is 5. The molecule has 224 valence electrons. The van der Waals surface area contributed by atoms with E-state index in [4.69, 9.17) is 27.9 Å². The number of carbonyl (C=O) groups is 2. The molecule has 0 aliphatic heterocycles. The zero-order valence-corrected chi connectivity index (χ0v) is 25.9. The van der Waals surface area contributed by atoms with Crippen LogP contribution >= 0.6 is 23.2 Å². The van der Waals surface area contributed by atoms with E-state index in [2.05, 4.69) is 5.32 Å². The van der Waals surface area contributed by atoms with Crippen LogP contribution in [0.5, 0.6) is 11.5 Å². The fourth-order valence-corrected chi connectivity index (χ4v) is 6.05. The predicted octanol–water partition coefficient (Wildman–Crippen LogP) is 6.53. The van der Waals surface area contributed by atoms with E-state index in [-0.39, 0.29) is 23.0 Å². The van der Waals surface area contributed by atoms with Crippen LogP contribution in [0.25, 0.3) is 0 Å². The number of carbonyl (C=O) groups excluding carboxylic acids is 2. The predicted molar refractivity (Wildman–Crippen MR) is 169 cm³/mol. The van der Waals surface area contributed by atoms with Crippen LogP contribution in [-0.4, -0.2) is 44.3 Å². The van der Waals surface area contributed by atoms with Crippen molar-refractivity contribution in [3.8, 4) is 11.5 Å². The number of benzene rings is 4. The van der Waals surface area contributed by atoms with E-state index in [9.17, 15) is 18.0 Å². The monoisotopic (exact) mass is 639 g/mol. The minimum atomic E-state index is -4.19. The molecular formula is C32H31Cl2N3O5S. The summed E-state index contributed by atoms with van der Waals surface area (Å²) in [4.78, 5) is 28.2. The number of sulfonamides is 1. The second-order valence-electron chi connectivity index (χ2n) is 9.57. The number of hydrogen-bond donors (Lipinski definition) is 1. The molecule has 0 aliphatic rings. The molecule has 11 heteroatoms. The van der Waals surface area contributed by atoms with Gasteiger partial charge >= 0.3 is 0 Å². The maximum atomic E-state index is 14.0. The van der Waals surface area contributed by atoms with Gasteiger partial charge in [-0.1, -0.05) is 65.7 Å². The molecule has 4 aromatic rings. The van der Waals surface area contributed by atoms with Gasteiger partial charge in [-0.2, -0.15) is 0 Å². The van der Waals surface area contributed by atoms with Gasteiger partial charge in [0, 0.05) is 13.1 Å². The lowest BCUT2D eigenvalue weighted by Crippen LogP contribution is -2.51. The molecule has 1 atom stereocenters. The maximum Gasteiger partial charge on any atom is 0.264 e. The first-order valence-corrected chi connectivity index (χ1v) is 15.7. The highest BCUT2D eigenvalue weighted by Gasteiger charge is 2.32. The summed E-state index contributed by atoms with van der Waals surface area (Å²) in [5, 5.41) is 3.37. The number of para-hydroxylation sites is 1. The zero-order valence-electron chi connectivity index (χ0n) is 23.6. The summed E-state index contributed by atoms with van der Waals surface area (Å²) in [6.07, 6.45) is 0. The average molecular weight is 641 g/mol. The van der Waals surface area contributed by atoms with E-state index in [1.165, 1.54) is 17.0 Å². The largest absolute Gasteiger partial charge is 0.457 e. The van der Waals surface area contributed by atoms with Crippen molar-refractivity contribution in [2.45, 2.75) is 31.3 Å². The van der Waals surface area contributed by atoms with Gasteiger partial charge in [0.05, 0.1) is 20.6 Å². The SMILES string of the molecule is CCNC(=O)[C@H](C)N(Cc1ccc(Cl)c(Cl)c1)C(=O)CN(c1ccc(Oc2ccccc2)cc1)S(=O)(=O)c1ccccc1. The van der Waals surface area contributed by atoms with E-state index in [1.807, 2.05) is 18.2 Å². The van der Waals surface area contributed by atoms with Crippen molar-refractivity contribution in [3.05, 3.63) is 119 Å². The first kappa shape index (κ1) is 31.9. The Kier molecular flexibility index (Phi) is 10.7. The Morgan fingerprint density at radius 3 is 2.05 bits per heavy atom. The van der Waals surface area contributed by atoms with Gasteiger partial charge < -0.3 is 15.0 Å². The van der Waals surface area contributed by atoms with Crippen molar-refractivity contribution < 1.29 is 22.7 Å². The fourth-order valence-electron chi connectivity index (χ4n) is 4.29. The minimum absolute atomic E-state index is 0.00288. The number of rotatable bonds is 12. The highest BCUT2D eigenvalue weighted by Crippen LogP contribution is 2.29. The van der Waals surface area contributed by atoms with Gasteiger partial charge in [-0.3, -0.25) is 13.9 Å². The molecule has 1 N–H and O–H groups in total. The lowest BCUT2D eigenvalue weighted by molar-refractivity contribution is -0.139. The van der Waals surface area contributed by atoms with Gasteiger partial charge in [0.2, 0.25) is 11.8 Å². The summed E-state index contributed by atoms with van der Waals surface area (Å²) < 4.78 is 34.7. The van der Waals surface area contributed by atoms with Gasteiger partial charge in [-0.25, -0.2) is 8.42 Å². The Hall–Kier alpha value is -4.05. The Bertz CT molecular complexity index is 1650. The number of likely N-dealkylation sites (N-methyl/N-ethyl adjacent to an activating group) is 1. The molecule has 4 rings (SSSR count). The van der Waals surface area contributed by atoms with Gasteiger partial charge in [-0.15, -0.1) is 0 Å². The third-order valence-corrected chi connectivity index (χ3v) is 9.10. The van der Waals surface area contributed by atoms with Crippen LogP contribution < -0.4 is 14.4 Å². The summed E-state index contributed by atoms with van der Waals surface area (Å²) >= 11 is 12.3. The molecule has 0 aliphatic carbocycles. The molecule has 0 radical (unpaired) electrons. The summed E-state index contributed by atoms with van der Waals surface area (Å²) in [5.74, 6) is 0.144. The topological polar surface area (TPSA) is 96.0 Å². The molecule has 0 bridgehead atoms. The highest BCUT2D eigenvalue weighted by atomic mass is 35.5. The number of nitrogens with one attached hydrogen (secondary N) is 1. The van der Waals surface area contributed by atoms with Crippen molar-refractivity contribution in [1.29, 1.82) is 0 Å². The Balaban J connectivity index is 1.69. The number of nitrogens with zero attached hydrogens (tertiary/aromatic N) is 2. The van der Waals surface area contributed by atoms with Crippen LogP contribution in [0.3, 0.4) is 0 Å². The first-order valence-electron chi connectivity index (χ1n) is 13.5. The molecule has 43 heavy (non-hydrogen) atoms.